The molecule has 0 radical (unpaired) electrons. The Bertz CT molecular complexity index is 905. The van der Waals surface area contributed by atoms with Crippen molar-refractivity contribution in [1.29, 1.82) is 0 Å². The van der Waals surface area contributed by atoms with Crippen molar-refractivity contribution in [1.82, 2.24) is 0 Å². The number of unbranched alkanes of at least 4 members (excludes halogenated alkanes) is 4. The molecule has 5 nitrogen and oxygen atoms in total. The molecule has 1 aromatic carbocycles. The highest BCUT2D eigenvalue weighted by atomic mass is 32.1. The fourth-order valence-electron chi connectivity index (χ4n) is 4.57. The van der Waals surface area contributed by atoms with Crippen LogP contribution in [0.5, 0.6) is 0 Å². The molecule has 1 aliphatic rings. The van der Waals surface area contributed by atoms with Crippen molar-refractivity contribution < 1.29 is 19.4 Å². The molecule has 1 fully saturated rings. The van der Waals surface area contributed by atoms with Crippen molar-refractivity contribution in [2.24, 2.45) is 0 Å². The number of benzene rings is 1. The second-order valence-electron chi connectivity index (χ2n) is 9.48. The quantitative estimate of drug-likeness (QED) is 0.251. The lowest BCUT2D eigenvalue weighted by atomic mass is 10.0. The van der Waals surface area contributed by atoms with Gasteiger partial charge in [0.1, 0.15) is 4.88 Å². The molecule has 1 atom stereocenters. The molecular formula is C28H39NO4S. The zero-order chi connectivity index (χ0) is 24.3. The van der Waals surface area contributed by atoms with Gasteiger partial charge in [-0.3, -0.25) is 4.79 Å². The number of anilines is 1. The van der Waals surface area contributed by atoms with Gasteiger partial charge in [0.2, 0.25) is 5.91 Å². The second kappa shape index (κ2) is 13.6. The fraction of sp³-hybridized carbons (Fsp3) is 0.571. The number of aliphatic hydroxyl groups is 1. The van der Waals surface area contributed by atoms with Crippen molar-refractivity contribution >= 4 is 28.9 Å². The van der Waals surface area contributed by atoms with E-state index < -0.39 is 0 Å². The van der Waals surface area contributed by atoms with Gasteiger partial charge in [0.25, 0.3) is 0 Å². The summed E-state index contributed by atoms with van der Waals surface area (Å²) in [6.45, 7) is 4.01. The number of rotatable bonds is 14. The molecule has 1 saturated heterocycles. The molecule has 0 aliphatic carbocycles. The van der Waals surface area contributed by atoms with E-state index in [0.29, 0.717) is 17.9 Å². The molecule has 3 rings (SSSR count). The zero-order valence-electron chi connectivity index (χ0n) is 20.6. The van der Waals surface area contributed by atoms with E-state index in [2.05, 4.69) is 24.3 Å². The minimum absolute atomic E-state index is 0.111. The number of esters is 1. The van der Waals surface area contributed by atoms with Crippen LogP contribution in [0.25, 0.3) is 0 Å². The number of thiophene rings is 1. The minimum Gasteiger partial charge on any atom is -0.459 e. The summed E-state index contributed by atoms with van der Waals surface area (Å²) >= 11 is 1.51. The summed E-state index contributed by atoms with van der Waals surface area (Å²) in [5.41, 5.74) is 2.33. The average Bonchev–Trinajstić information content (AvgIpc) is 3.43. The molecule has 186 valence electrons. The Hall–Kier alpha value is -2.18. The van der Waals surface area contributed by atoms with E-state index in [1.807, 2.05) is 30.9 Å². The van der Waals surface area contributed by atoms with Gasteiger partial charge >= 0.3 is 5.97 Å². The van der Waals surface area contributed by atoms with Crippen LogP contribution < -0.4 is 4.90 Å². The van der Waals surface area contributed by atoms with Crippen molar-refractivity contribution in [2.45, 2.75) is 96.6 Å². The summed E-state index contributed by atoms with van der Waals surface area (Å²) in [6, 6.07) is 12.6. The molecular weight excluding hydrogens is 446 g/mol. The number of hydrogen-bond acceptors (Lipinski definition) is 5. The van der Waals surface area contributed by atoms with E-state index >= 15 is 0 Å². The van der Waals surface area contributed by atoms with Gasteiger partial charge in [-0.1, -0.05) is 31.4 Å². The summed E-state index contributed by atoms with van der Waals surface area (Å²) < 4.78 is 5.28. The Morgan fingerprint density at radius 2 is 1.76 bits per heavy atom. The van der Waals surface area contributed by atoms with Crippen LogP contribution in [0.3, 0.4) is 0 Å². The van der Waals surface area contributed by atoms with Crippen molar-refractivity contribution in [2.75, 3.05) is 11.5 Å². The maximum atomic E-state index is 12.6. The monoisotopic (exact) mass is 485 g/mol. The Labute approximate surface area is 208 Å². The first-order valence-electron chi connectivity index (χ1n) is 12.8. The summed E-state index contributed by atoms with van der Waals surface area (Å²) in [5.74, 6) is -0.0274. The number of nitrogens with zero attached hydrogens (tertiary/aromatic N) is 1. The highest BCUT2D eigenvalue weighted by Crippen LogP contribution is 2.30. The summed E-state index contributed by atoms with van der Waals surface area (Å²) in [6.07, 6.45) is 10.9. The third kappa shape index (κ3) is 7.95. The van der Waals surface area contributed by atoms with Gasteiger partial charge in [-0.2, -0.15) is 0 Å². The third-order valence-corrected chi connectivity index (χ3v) is 7.45. The lowest BCUT2D eigenvalue weighted by Gasteiger charge is -2.25. The molecule has 1 amide bonds. The van der Waals surface area contributed by atoms with E-state index in [0.717, 1.165) is 57.1 Å². The van der Waals surface area contributed by atoms with Gasteiger partial charge in [-0.05, 0) is 88.6 Å². The minimum atomic E-state index is -0.246. The maximum absolute atomic E-state index is 12.6. The topological polar surface area (TPSA) is 66.8 Å². The summed E-state index contributed by atoms with van der Waals surface area (Å²) in [7, 11) is 0. The average molecular weight is 486 g/mol. The van der Waals surface area contributed by atoms with Gasteiger partial charge in [-0.25, -0.2) is 4.79 Å². The molecule has 1 aliphatic heterocycles. The van der Waals surface area contributed by atoms with Gasteiger partial charge in [0.05, 0.1) is 6.10 Å². The van der Waals surface area contributed by atoms with Crippen LogP contribution in [0, 0.1) is 0 Å². The summed E-state index contributed by atoms with van der Waals surface area (Å²) in [5, 5.41) is 8.85. The smallest absolute Gasteiger partial charge is 0.348 e. The van der Waals surface area contributed by atoms with E-state index in [1.165, 1.54) is 34.6 Å². The van der Waals surface area contributed by atoms with Crippen molar-refractivity contribution in [3.8, 4) is 0 Å². The number of aliphatic hydroxyl groups excluding tert-OH is 1. The predicted molar refractivity (Wildman–Crippen MR) is 139 cm³/mol. The van der Waals surface area contributed by atoms with Crippen molar-refractivity contribution in [3.05, 3.63) is 51.7 Å². The third-order valence-electron chi connectivity index (χ3n) is 6.33. The first-order chi connectivity index (χ1) is 16.5. The lowest BCUT2D eigenvalue weighted by molar-refractivity contribution is -0.117. The molecule has 34 heavy (non-hydrogen) atoms. The molecule has 0 unspecified atom stereocenters. The Kier molecular flexibility index (Phi) is 10.6. The molecule has 6 heteroatoms. The second-order valence-corrected chi connectivity index (χ2v) is 10.6. The molecule has 0 saturated carbocycles. The first kappa shape index (κ1) is 26.4. The number of carbonyl (C=O) groups excluding carboxylic acids is 2. The molecule has 2 heterocycles. The van der Waals surface area contributed by atoms with E-state index in [9.17, 15) is 9.59 Å². The van der Waals surface area contributed by atoms with E-state index in [4.69, 9.17) is 9.84 Å². The fourth-order valence-corrected chi connectivity index (χ4v) is 5.50. The number of amides is 1. The number of carbonyl (C=O) groups is 2. The van der Waals surface area contributed by atoms with Crippen molar-refractivity contribution in [3.63, 3.8) is 0 Å². The number of ether oxygens (including phenoxy) is 1. The van der Waals surface area contributed by atoms with Gasteiger partial charge in [0.15, 0.2) is 0 Å². The SMILES string of the molecule is CC(C)OC(=O)c1ccc(CCC[C@H]2CCC(=O)N2c2ccc(CCCCCCCO)cc2)s1. The Balaban J connectivity index is 1.46. The van der Waals surface area contributed by atoms with Gasteiger partial charge < -0.3 is 14.7 Å². The normalized spacial score (nSPS) is 15.9. The molecule has 2 aromatic rings. The lowest BCUT2D eigenvalue weighted by Crippen LogP contribution is -2.32. The van der Waals surface area contributed by atoms with Crippen LogP contribution in [0.15, 0.2) is 36.4 Å². The molecule has 0 bridgehead atoms. The standard InChI is InChI=1S/C28H39NO4S/c1-21(2)33-28(32)26-18-17-25(34-26)11-8-10-23-16-19-27(31)29(23)24-14-12-22(13-15-24)9-6-4-3-5-7-20-30/h12-15,17-18,21,23,30H,3-11,16,19-20H2,1-2H3/t23-/m0/s1. The van der Waals surface area contributed by atoms with Gasteiger partial charge in [-0.15, -0.1) is 11.3 Å². The van der Waals surface area contributed by atoms with Crippen LogP contribution in [0.2, 0.25) is 0 Å². The maximum Gasteiger partial charge on any atom is 0.348 e. The first-order valence-corrected chi connectivity index (χ1v) is 13.6. The van der Waals surface area contributed by atoms with Crippen LogP contribution >= 0.6 is 11.3 Å². The highest BCUT2D eigenvalue weighted by Gasteiger charge is 2.31. The molecule has 1 aromatic heterocycles. The Morgan fingerprint density at radius 1 is 1.03 bits per heavy atom. The number of hydrogen-bond donors (Lipinski definition) is 1. The van der Waals surface area contributed by atoms with Crippen LogP contribution in [-0.2, 0) is 22.4 Å². The van der Waals surface area contributed by atoms with E-state index in [1.54, 1.807) is 0 Å². The summed E-state index contributed by atoms with van der Waals surface area (Å²) in [4.78, 5) is 28.5. The Morgan fingerprint density at radius 3 is 2.50 bits per heavy atom. The molecule has 0 spiro atoms. The van der Waals surface area contributed by atoms with Crippen LogP contribution in [0.4, 0.5) is 5.69 Å². The van der Waals surface area contributed by atoms with Gasteiger partial charge in [0, 0.05) is 29.6 Å². The highest BCUT2D eigenvalue weighted by molar-refractivity contribution is 7.13. The van der Waals surface area contributed by atoms with Crippen LogP contribution in [-0.4, -0.2) is 35.7 Å². The molecule has 1 N–H and O–H groups in total. The predicted octanol–water partition coefficient (Wildman–Crippen LogP) is 6.32. The van der Waals surface area contributed by atoms with Crippen LogP contribution in [0.1, 0.15) is 91.7 Å². The largest absolute Gasteiger partial charge is 0.459 e. The zero-order valence-corrected chi connectivity index (χ0v) is 21.4. The number of aryl methyl sites for hydroxylation is 2. The van der Waals surface area contributed by atoms with E-state index in [-0.39, 0.29) is 24.0 Å².